The Hall–Kier alpha value is -2.11. The molecule has 0 aliphatic carbocycles. The number of primary amides is 1. The standard InChI is InChI=1S/C10H11N3O3/c11-10(16)6-3-9(15)13(5-6)7-4-12-2-1-8(7)14/h1-2,4,6H,3,5H2,(H2,11,16)(H,12,14). The summed E-state index contributed by atoms with van der Waals surface area (Å²) in [5, 5.41) is 0. The van der Waals surface area contributed by atoms with Crippen LogP contribution < -0.4 is 16.1 Å². The van der Waals surface area contributed by atoms with Gasteiger partial charge in [0.05, 0.1) is 5.92 Å². The number of carbonyl (C=O) groups excluding carboxylic acids is 2. The Balaban J connectivity index is 2.30. The van der Waals surface area contributed by atoms with Crippen LogP contribution in [-0.2, 0) is 9.59 Å². The number of hydrogen-bond donors (Lipinski definition) is 2. The Morgan fingerprint density at radius 1 is 1.50 bits per heavy atom. The molecule has 1 atom stereocenters. The van der Waals surface area contributed by atoms with Gasteiger partial charge in [-0.1, -0.05) is 0 Å². The highest BCUT2D eigenvalue weighted by molar-refractivity contribution is 5.99. The van der Waals surface area contributed by atoms with Crippen molar-refractivity contribution in [2.45, 2.75) is 6.42 Å². The lowest BCUT2D eigenvalue weighted by molar-refractivity contribution is -0.123. The third kappa shape index (κ3) is 1.69. The van der Waals surface area contributed by atoms with Crippen molar-refractivity contribution in [1.29, 1.82) is 0 Å². The summed E-state index contributed by atoms with van der Waals surface area (Å²) in [5.74, 6) is -1.27. The molecule has 6 heteroatoms. The SMILES string of the molecule is NC(=O)C1CC(=O)N(c2c[nH]ccc2=O)C1. The molecule has 0 bridgehead atoms. The van der Waals surface area contributed by atoms with Crippen LogP contribution >= 0.6 is 0 Å². The van der Waals surface area contributed by atoms with E-state index in [1.54, 1.807) is 0 Å². The zero-order valence-corrected chi connectivity index (χ0v) is 8.47. The van der Waals surface area contributed by atoms with Gasteiger partial charge >= 0.3 is 0 Å². The van der Waals surface area contributed by atoms with Gasteiger partial charge in [-0.3, -0.25) is 14.4 Å². The quantitative estimate of drug-likeness (QED) is 0.685. The Morgan fingerprint density at radius 2 is 2.25 bits per heavy atom. The van der Waals surface area contributed by atoms with E-state index in [0.717, 1.165) is 0 Å². The fraction of sp³-hybridized carbons (Fsp3) is 0.300. The van der Waals surface area contributed by atoms with Crippen molar-refractivity contribution in [2.24, 2.45) is 11.7 Å². The predicted molar refractivity (Wildman–Crippen MR) is 56.7 cm³/mol. The van der Waals surface area contributed by atoms with Gasteiger partial charge in [0, 0.05) is 31.4 Å². The van der Waals surface area contributed by atoms with Crippen molar-refractivity contribution >= 4 is 17.5 Å². The van der Waals surface area contributed by atoms with E-state index in [1.807, 2.05) is 0 Å². The van der Waals surface area contributed by atoms with E-state index in [1.165, 1.54) is 23.4 Å². The molecule has 1 fully saturated rings. The van der Waals surface area contributed by atoms with Crippen LogP contribution in [0, 0.1) is 5.92 Å². The Labute approximate surface area is 91.1 Å². The summed E-state index contributed by atoms with van der Waals surface area (Å²) in [5.41, 5.74) is 5.14. The van der Waals surface area contributed by atoms with E-state index in [-0.39, 0.29) is 30.0 Å². The first-order chi connectivity index (χ1) is 7.59. The van der Waals surface area contributed by atoms with Gasteiger partial charge in [0.1, 0.15) is 5.69 Å². The summed E-state index contributed by atoms with van der Waals surface area (Å²) in [6, 6.07) is 1.33. The third-order valence-electron chi connectivity index (χ3n) is 2.62. The summed E-state index contributed by atoms with van der Waals surface area (Å²) in [7, 11) is 0. The van der Waals surface area contributed by atoms with E-state index in [9.17, 15) is 14.4 Å². The number of amides is 2. The monoisotopic (exact) mass is 221 g/mol. The number of aromatic nitrogens is 1. The topological polar surface area (TPSA) is 96.3 Å². The number of aromatic amines is 1. The molecule has 1 saturated heterocycles. The first-order valence-electron chi connectivity index (χ1n) is 4.86. The van der Waals surface area contributed by atoms with Crippen LogP contribution in [0.1, 0.15) is 6.42 Å². The summed E-state index contributed by atoms with van der Waals surface area (Å²) in [6.07, 6.45) is 3.01. The molecule has 2 rings (SSSR count). The molecule has 0 spiro atoms. The van der Waals surface area contributed by atoms with Gasteiger partial charge in [-0.25, -0.2) is 0 Å². The first-order valence-corrected chi connectivity index (χ1v) is 4.86. The molecular weight excluding hydrogens is 210 g/mol. The van der Waals surface area contributed by atoms with Gasteiger partial charge < -0.3 is 15.6 Å². The number of nitrogens with zero attached hydrogens (tertiary/aromatic N) is 1. The molecule has 1 unspecified atom stereocenters. The highest BCUT2D eigenvalue weighted by Crippen LogP contribution is 2.21. The fourth-order valence-electron chi connectivity index (χ4n) is 1.75. The number of nitrogens with one attached hydrogen (secondary N) is 1. The smallest absolute Gasteiger partial charge is 0.228 e. The molecule has 1 aromatic rings. The number of carbonyl (C=O) groups is 2. The average Bonchev–Trinajstić information content (AvgIpc) is 2.61. The lowest BCUT2D eigenvalue weighted by Gasteiger charge is -2.14. The molecule has 1 aromatic heterocycles. The second-order valence-electron chi connectivity index (χ2n) is 3.70. The number of hydrogen-bond acceptors (Lipinski definition) is 3. The van der Waals surface area contributed by atoms with Crippen LogP contribution in [-0.4, -0.2) is 23.3 Å². The minimum absolute atomic E-state index is 0.0731. The maximum atomic E-state index is 11.6. The van der Waals surface area contributed by atoms with Crippen LogP contribution in [0.5, 0.6) is 0 Å². The normalized spacial score (nSPS) is 20.1. The van der Waals surface area contributed by atoms with Crippen molar-refractivity contribution in [3.05, 3.63) is 28.7 Å². The van der Waals surface area contributed by atoms with Crippen LogP contribution in [0.3, 0.4) is 0 Å². The second kappa shape index (κ2) is 3.80. The molecule has 3 N–H and O–H groups in total. The summed E-state index contributed by atoms with van der Waals surface area (Å²) in [6.45, 7) is 0.182. The van der Waals surface area contributed by atoms with E-state index in [4.69, 9.17) is 5.73 Å². The van der Waals surface area contributed by atoms with E-state index in [0.29, 0.717) is 0 Å². The largest absolute Gasteiger partial charge is 0.369 e. The van der Waals surface area contributed by atoms with Crippen molar-refractivity contribution in [3.8, 4) is 0 Å². The summed E-state index contributed by atoms with van der Waals surface area (Å²) < 4.78 is 0. The summed E-state index contributed by atoms with van der Waals surface area (Å²) in [4.78, 5) is 38.1. The lowest BCUT2D eigenvalue weighted by Crippen LogP contribution is -2.31. The third-order valence-corrected chi connectivity index (χ3v) is 2.62. The first kappa shape index (κ1) is 10.4. The average molecular weight is 221 g/mol. The molecular formula is C10H11N3O3. The minimum Gasteiger partial charge on any atom is -0.369 e. The maximum absolute atomic E-state index is 11.6. The zero-order valence-electron chi connectivity index (χ0n) is 8.47. The number of rotatable bonds is 2. The fourth-order valence-corrected chi connectivity index (χ4v) is 1.75. The van der Waals surface area contributed by atoms with Crippen LogP contribution in [0.25, 0.3) is 0 Å². The van der Waals surface area contributed by atoms with E-state index < -0.39 is 11.8 Å². The Kier molecular flexibility index (Phi) is 2.47. The van der Waals surface area contributed by atoms with Crippen LogP contribution in [0.4, 0.5) is 5.69 Å². The van der Waals surface area contributed by atoms with Gasteiger partial charge in [0.25, 0.3) is 0 Å². The van der Waals surface area contributed by atoms with Crippen LogP contribution in [0.2, 0.25) is 0 Å². The Morgan fingerprint density at radius 3 is 2.81 bits per heavy atom. The number of nitrogens with two attached hydrogens (primary N) is 1. The van der Waals surface area contributed by atoms with Gasteiger partial charge in [-0.15, -0.1) is 0 Å². The second-order valence-corrected chi connectivity index (χ2v) is 3.70. The minimum atomic E-state index is -0.511. The van der Waals surface area contributed by atoms with Crippen molar-refractivity contribution < 1.29 is 9.59 Å². The molecule has 6 nitrogen and oxygen atoms in total. The maximum Gasteiger partial charge on any atom is 0.228 e. The molecule has 0 aromatic carbocycles. The molecule has 84 valence electrons. The molecule has 16 heavy (non-hydrogen) atoms. The number of pyridine rings is 1. The molecule has 0 saturated carbocycles. The highest BCUT2D eigenvalue weighted by Gasteiger charge is 2.34. The van der Waals surface area contributed by atoms with E-state index in [2.05, 4.69) is 4.98 Å². The highest BCUT2D eigenvalue weighted by atomic mass is 16.2. The van der Waals surface area contributed by atoms with Gasteiger partial charge in [-0.05, 0) is 0 Å². The molecule has 1 aliphatic heterocycles. The van der Waals surface area contributed by atoms with Gasteiger partial charge in [-0.2, -0.15) is 0 Å². The molecule has 2 heterocycles. The predicted octanol–water partition coefficient (Wildman–Crippen LogP) is -0.787. The van der Waals surface area contributed by atoms with Crippen molar-refractivity contribution in [2.75, 3.05) is 11.4 Å². The van der Waals surface area contributed by atoms with Crippen molar-refractivity contribution in [1.82, 2.24) is 4.98 Å². The lowest BCUT2D eigenvalue weighted by atomic mass is 10.1. The molecule has 0 radical (unpaired) electrons. The van der Waals surface area contributed by atoms with Crippen molar-refractivity contribution in [3.63, 3.8) is 0 Å². The Bertz CT molecular complexity index is 494. The zero-order chi connectivity index (χ0) is 11.7. The van der Waals surface area contributed by atoms with Gasteiger partial charge in [0.15, 0.2) is 0 Å². The van der Waals surface area contributed by atoms with Crippen LogP contribution in [0.15, 0.2) is 23.3 Å². The van der Waals surface area contributed by atoms with Gasteiger partial charge in [0.2, 0.25) is 17.2 Å². The molecule has 2 amide bonds. The molecule has 1 aliphatic rings. The number of anilines is 1. The summed E-state index contributed by atoms with van der Waals surface area (Å²) >= 11 is 0. The number of H-pyrrole nitrogens is 1. The van der Waals surface area contributed by atoms with E-state index >= 15 is 0 Å².